The highest BCUT2D eigenvalue weighted by molar-refractivity contribution is 9.10. The Morgan fingerprint density at radius 1 is 1.11 bits per heavy atom. The van der Waals surface area contributed by atoms with Gasteiger partial charge in [0.25, 0.3) is 11.6 Å². The largest absolute Gasteiger partial charge is 0.298 e. The molecule has 3 aromatic rings. The van der Waals surface area contributed by atoms with Gasteiger partial charge < -0.3 is 0 Å². The Morgan fingerprint density at radius 3 is 2.50 bits per heavy atom. The number of carbonyl (C=O) groups is 1. The zero-order valence-electron chi connectivity index (χ0n) is 14.4. The van der Waals surface area contributed by atoms with Crippen molar-refractivity contribution < 1.29 is 9.72 Å². The van der Waals surface area contributed by atoms with E-state index in [0.717, 1.165) is 10.2 Å². The van der Waals surface area contributed by atoms with Crippen molar-refractivity contribution in [3.63, 3.8) is 0 Å². The van der Waals surface area contributed by atoms with E-state index in [0.29, 0.717) is 17.0 Å². The first kappa shape index (κ1) is 19.2. The number of rotatable bonds is 6. The zero-order valence-corrected chi connectivity index (χ0v) is 16.0. The first-order valence-corrected chi connectivity index (χ1v) is 8.87. The number of benzene rings is 2. The van der Waals surface area contributed by atoms with E-state index in [1.54, 1.807) is 18.2 Å². The van der Waals surface area contributed by atoms with Crippen molar-refractivity contribution in [3.05, 3.63) is 87.2 Å². The average molecular weight is 440 g/mol. The van der Waals surface area contributed by atoms with Crippen LogP contribution in [0, 0.1) is 10.1 Å². The Kier molecular flexibility index (Phi) is 6.07. The first-order valence-electron chi connectivity index (χ1n) is 8.08. The Labute approximate surface area is 168 Å². The molecule has 28 heavy (non-hydrogen) atoms. The molecule has 8 nitrogen and oxygen atoms in total. The summed E-state index contributed by atoms with van der Waals surface area (Å²) in [6.07, 6.45) is 5.98. The van der Waals surface area contributed by atoms with Gasteiger partial charge in [0.05, 0.1) is 10.6 Å². The second-order valence-electron chi connectivity index (χ2n) is 5.60. The van der Waals surface area contributed by atoms with Gasteiger partial charge in [0.15, 0.2) is 5.82 Å². The number of hydrogen-bond donors (Lipinski definition) is 2. The van der Waals surface area contributed by atoms with Crippen molar-refractivity contribution >= 4 is 39.3 Å². The van der Waals surface area contributed by atoms with Gasteiger partial charge in [-0.15, -0.1) is 0 Å². The maximum atomic E-state index is 11.9. The molecule has 1 aromatic heterocycles. The van der Waals surface area contributed by atoms with Gasteiger partial charge in [0, 0.05) is 46.2 Å². The summed E-state index contributed by atoms with van der Waals surface area (Å²) in [5.74, 6) is 0.0212. The van der Waals surface area contributed by atoms with Crippen molar-refractivity contribution in [2.45, 2.75) is 0 Å². The topological polar surface area (TPSA) is 110 Å². The van der Waals surface area contributed by atoms with Gasteiger partial charge in [-0.3, -0.25) is 25.8 Å². The molecular weight excluding hydrogens is 426 g/mol. The van der Waals surface area contributed by atoms with Crippen molar-refractivity contribution in [2.24, 2.45) is 0 Å². The lowest BCUT2D eigenvalue weighted by Gasteiger charge is -2.06. The zero-order chi connectivity index (χ0) is 19.9. The first-order chi connectivity index (χ1) is 13.5. The molecule has 3 rings (SSSR count). The van der Waals surface area contributed by atoms with Gasteiger partial charge in [-0.2, -0.15) is 0 Å². The molecule has 0 aliphatic heterocycles. The molecule has 0 spiro atoms. The van der Waals surface area contributed by atoms with Gasteiger partial charge >= 0.3 is 0 Å². The Balaban J connectivity index is 1.60. The molecule has 0 aliphatic rings. The van der Waals surface area contributed by atoms with E-state index in [1.807, 2.05) is 24.3 Å². The number of non-ortho nitro benzene ring substituents is 1. The van der Waals surface area contributed by atoms with Crippen molar-refractivity contribution in [2.75, 3.05) is 5.43 Å². The third kappa shape index (κ3) is 5.21. The van der Waals surface area contributed by atoms with Crippen molar-refractivity contribution in [1.82, 2.24) is 15.4 Å². The minimum atomic E-state index is -0.471. The summed E-state index contributed by atoms with van der Waals surface area (Å²) >= 11 is 3.34. The van der Waals surface area contributed by atoms with Gasteiger partial charge in [-0.1, -0.05) is 28.1 Å². The van der Waals surface area contributed by atoms with E-state index in [9.17, 15) is 14.9 Å². The van der Waals surface area contributed by atoms with Crippen molar-refractivity contribution in [3.8, 4) is 11.4 Å². The number of nitro benzene ring substituents is 1. The Hall–Kier alpha value is -3.59. The Morgan fingerprint density at radius 2 is 1.82 bits per heavy atom. The minimum Gasteiger partial charge on any atom is -0.298 e. The maximum absolute atomic E-state index is 11.9. The molecule has 9 heteroatoms. The maximum Gasteiger partial charge on any atom is 0.270 e. The van der Waals surface area contributed by atoms with Crippen LogP contribution in [0.2, 0.25) is 0 Å². The number of aromatic nitrogens is 2. The number of nitrogens with zero attached hydrogens (tertiary/aromatic N) is 3. The molecule has 1 amide bonds. The summed E-state index contributed by atoms with van der Waals surface area (Å²) < 4.78 is 0.942. The van der Waals surface area contributed by atoms with Crippen LogP contribution < -0.4 is 10.9 Å². The monoisotopic (exact) mass is 439 g/mol. The van der Waals surface area contributed by atoms with E-state index in [-0.39, 0.29) is 11.6 Å². The molecular formula is C19H14BrN5O3. The fourth-order valence-electron chi connectivity index (χ4n) is 2.21. The fourth-order valence-corrected chi connectivity index (χ4v) is 2.48. The molecule has 2 aromatic carbocycles. The smallest absolute Gasteiger partial charge is 0.270 e. The molecule has 0 saturated carbocycles. The summed E-state index contributed by atoms with van der Waals surface area (Å²) in [5.41, 5.74) is 7.22. The fraction of sp³-hybridized carbons (Fsp3) is 0. The number of halogens is 1. The quantitative estimate of drug-likeness (QED) is 0.341. The number of carbonyl (C=O) groups excluding carboxylic acids is 1. The van der Waals surface area contributed by atoms with Crippen LogP contribution in [-0.2, 0) is 4.79 Å². The Bertz CT molecular complexity index is 1020. The number of hydrazine groups is 1. The van der Waals surface area contributed by atoms with Crippen LogP contribution in [0.4, 0.5) is 11.4 Å². The lowest BCUT2D eigenvalue weighted by molar-refractivity contribution is -0.384. The van der Waals surface area contributed by atoms with Crippen LogP contribution in [0.5, 0.6) is 0 Å². The van der Waals surface area contributed by atoms with Crippen molar-refractivity contribution in [1.29, 1.82) is 0 Å². The molecule has 0 aliphatic carbocycles. The summed E-state index contributed by atoms with van der Waals surface area (Å²) in [6, 6.07) is 13.4. The lowest BCUT2D eigenvalue weighted by atomic mass is 10.2. The third-order valence-electron chi connectivity index (χ3n) is 3.59. The average Bonchev–Trinajstić information content (AvgIpc) is 2.72. The highest BCUT2D eigenvalue weighted by Crippen LogP contribution is 2.20. The summed E-state index contributed by atoms with van der Waals surface area (Å²) in [5, 5.41) is 10.9. The van der Waals surface area contributed by atoms with Gasteiger partial charge in [-0.05, 0) is 30.3 Å². The minimum absolute atomic E-state index is 0.0278. The van der Waals surface area contributed by atoms with E-state index in [1.165, 1.54) is 30.6 Å². The van der Waals surface area contributed by atoms with Gasteiger partial charge in [0.2, 0.25) is 0 Å². The molecule has 140 valence electrons. The number of amides is 1. The van der Waals surface area contributed by atoms with Crippen LogP contribution in [-0.4, -0.2) is 20.8 Å². The van der Waals surface area contributed by atoms with E-state index in [4.69, 9.17) is 0 Å². The SMILES string of the molecule is O=C(/C=C/c1cnc(-c2cccc([N+](=O)[O-])c2)nc1)NNc1ccc(Br)cc1. The van der Waals surface area contributed by atoms with Crippen LogP contribution in [0.1, 0.15) is 5.56 Å². The lowest BCUT2D eigenvalue weighted by Crippen LogP contribution is -2.27. The number of nitrogens with one attached hydrogen (secondary N) is 2. The van der Waals surface area contributed by atoms with Crippen LogP contribution in [0.3, 0.4) is 0 Å². The standard InChI is InChI=1S/C19H14BrN5O3/c20-15-5-7-16(8-6-15)23-24-18(26)9-4-13-11-21-19(22-12-13)14-2-1-3-17(10-14)25(27)28/h1-12,23H,(H,24,26)/b9-4+. The summed E-state index contributed by atoms with van der Waals surface area (Å²) in [7, 11) is 0. The van der Waals surface area contributed by atoms with Gasteiger partial charge in [0.1, 0.15) is 0 Å². The third-order valence-corrected chi connectivity index (χ3v) is 4.12. The van der Waals surface area contributed by atoms with E-state index < -0.39 is 4.92 Å². The van der Waals surface area contributed by atoms with E-state index >= 15 is 0 Å². The van der Waals surface area contributed by atoms with E-state index in [2.05, 4.69) is 36.7 Å². The number of anilines is 1. The normalized spacial score (nSPS) is 10.6. The molecule has 0 bridgehead atoms. The predicted molar refractivity (Wildman–Crippen MR) is 109 cm³/mol. The summed E-state index contributed by atoms with van der Waals surface area (Å²) in [6.45, 7) is 0. The molecule has 1 heterocycles. The molecule has 0 atom stereocenters. The van der Waals surface area contributed by atoms with Crippen LogP contribution >= 0.6 is 15.9 Å². The second kappa shape index (κ2) is 8.87. The number of nitro groups is 1. The molecule has 0 unspecified atom stereocenters. The molecule has 0 radical (unpaired) electrons. The molecule has 2 N–H and O–H groups in total. The summed E-state index contributed by atoms with van der Waals surface area (Å²) in [4.78, 5) is 30.6. The highest BCUT2D eigenvalue weighted by atomic mass is 79.9. The van der Waals surface area contributed by atoms with Crippen LogP contribution in [0.25, 0.3) is 17.5 Å². The highest BCUT2D eigenvalue weighted by Gasteiger charge is 2.08. The molecule has 0 saturated heterocycles. The van der Waals surface area contributed by atoms with Crippen LogP contribution in [0.15, 0.2) is 71.5 Å². The predicted octanol–water partition coefficient (Wildman–Crippen LogP) is 3.97. The number of hydrogen-bond acceptors (Lipinski definition) is 6. The van der Waals surface area contributed by atoms with Gasteiger partial charge in [-0.25, -0.2) is 9.97 Å². The molecule has 0 fully saturated rings. The second-order valence-corrected chi connectivity index (χ2v) is 6.52.